The Hall–Kier alpha value is -3.36. The highest BCUT2D eigenvalue weighted by molar-refractivity contribution is 6.34. The summed E-state index contributed by atoms with van der Waals surface area (Å²) in [5, 5.41) is 12.3. The van der Waals surface area contributed by atoms with E-state index in [0.29, 0.717) is 22.3 Å². The number of anilines is 1. The number of rotatable bonds is 4. The molecule has 5 nitrogen and oxygen atoms in total. The third kappa shape index (κ3) is 4.00. The van der Waals surface area contributed by atoms with Crippen LogP contribution in [0.5, 0.6) is 0 Å². The van der Waals surface area contributed by atoms with Crippen molar-refractivity contribution in [3.8, 4) is 17.5 Å². The van der Waals surface area contributed by atoms with E-state index in [4.69, 9.17) is 16.0 Å². The molecule has 0 fully saturated rings. The fourth-order valence-corrected chi connectivity index (χ4v) is 2.41. The average molecular weight is 364 g/mol. The van der Waals surface area contributed by atoms with Crippen LogP contribution in [0.4, 0.5) is 5.69 Å². The summed E-state index contributed by atoms with van der Waals surface area (Å²) in [5.74, 6) is -0.152. The topological polar surface area (TPSA) is 78.9 Å². The number of hydrogen-bond donors (Lipinski definition) is 1. The molecular formula is C20H14ClN3O2. The van der Waals surface area contributed by atoms with Gasteiger partial charge in [-0.1, -0.05) is 41.4 Å². The van der Waals surface area contributed by atoms with Gasteiger partial charge in [0.15, 0.2) is 0 Å². The van der Waals surface area contributed by atoms with E-state index in [1.165, 1.54) is 12.3 Å². The van der Waals surface area contributed by atoms with E-state index in [9.17, 15) is 10.1 Å². The Balaban J connectivity index is 1.81. The summed E-state index contributed by atoms with van der Waals surface area (Å²) in [7, 11) is 0. The van der Waals surface area contributed by atoms with Crippen LogP contribution in [0.25, 0.3) is 17.5 Å². The molecule has 128 valence electrons. The number of oxazole rings is 1. The molecule has 1 aromatic heterocycles. The van der Waals surface area contributed by atoms with Gasteiger partial charge in [-0.25, -0.2) is 4.98 Å². The first-order chi connectivity index (χ1) is 12.6. The Labute approximate surface area is 155 Å². The van der Waals surface area contributed by atoms with E-state index < -0.39 is 5.91 Å². The van der Waals surface area contributed by atoms with Crippen LogP contribution in [0.3, 0.4) is 0 Å². The van der Waals surface area contributed by atoms with Crippen molar-refractivity contribution in [2.24, 2.45) is 0 Å². The van der Waals surface area contributed by atoms with E-state index in [2.05, 4.69) is 10.3 Å². The number of nitrogens with zero attached hydrogens (tertiary/aromatic N) is 2. The Kier molecular flexibility index (Phi) is 5.16. The van der Waals surface area contributed by atoms with Crippen LogP contribution in [-0.2, 0) is 4.79 Å². The molecule has 0 saturated heterocycles. The number of para-hydroxylation sites is 1. The lowest BCUT2D eigenvalue weighted by atomic mass is 10.1. The van der Waals surface area contributed by atoms with Crippen molar-refractivity contribution in [1.82, 2.24) is 4.98 Å². The van der Waals surface area contributed by atoms with Crippen LogP contribution >= 0.6 is 11.6 Å². The Morgan fingerprint density at radius 2 is 1.96 bits per heavy atom. The molecule has 1 N–H and O–H groups in total. The zero-order chi connectivity index (χ0) is 18.5. The molecule has 0 spiro atoms. The molecule has 3 aromatic rings. The Morgan fingerprint density at radius 1 is 1.23 bits per heavy atom. The molecule has 1 heterocycles. The number of halogens is 1. The van der Waals surface area contributed by atoms with Gasteiger partial charge in [-0.05, 0) is 37.3 Å². The third-order valence-corrected chi connectivity index (χ3v) is 3.93. The van der Waals surface area contributed by atoms with Gasteiger partial charge in [-0.3, -0.25) is 4.79 Å². The molecule has 0 atom stereocenters. The van der Waals surface area contributed by atoms with E-state index >= 15 is 0 Å². The van der Waals surface area contributed by atoms with E-state index in [0.717, 1.165) is 11.1 Å². The molecule has 0 aliphatic rings. The minimum atomic E-state index is -0.569. The van der Waals surface area contributed by atoms with Crippen molar-refractivity contribution in [2.45, 2.75) is 6.92 Å². The number of aryl methyl sites for hydroxylation is 1. The molecule has 0 aliphatic carbocycles. The fourth-order valence-electron chi connectivity index (χ4n) is 2.23. The molecule has 0 aliphatic heterocycles. The van der Waals surface area contributed by atoms with Crippen molar-refractivity contribution in [2.75, 3.05) is 5.32 Å². The normalized spacial score (nSPS) is 11.0. The summed E-state index contributed by atoms with van der Waals surface area (Å²) < 4.78 is 5.44. The third-order valence-electron chi connectivity index (χ3n) is 3.60. The number of nitrogens with one attached hydrogen (secondary N) is 1. The lowest BCUT2D eigenvalue weighted by Crippen LogP contribution is -2.13. The number of hydrogen-bond acceptors (Lipinski definition) is 4. The second kappa shape index (κ2) is 7.68. The molecule has 26 heavy (non-hydrogen) atoms. The number of nitriles is 1. The number of carbonyl (C=O) groups is 1. The minimum absolute atomic E-state index is 0.103. The number of benzene rings is 2. The van der Waals surface area contributed by atoms with E-state index in [1.807, 2.05) is 37.3 Å². The van der Waals surface area contributed by atoms with Crippen molar-refractivity contribution in [1.29, 1.82) is 5.26 Å². The summed E-state index contributed by atoms with van der Waals surface area (Å²) in [4.78, 5) is 16.6. The van der Waals surface area contributed by atoms with Crippen molar-refractivity contribution in [3.05, 3.63) is 76.6 Å². The Morgan fingerprint density at radius 3 is 2.65 bits per heavy atom. The highest BCUT2D eigenvalue weighted by Gasteiger charge is 2.13. The summed E-state index contributed by atoms with van der Waals surface area (Å²) in [6, 6.07) is 16.4. The molecule has 3 rings (SSSR count). The van der Waals surface area contributed by atoms with Gasteiger partial charge in [0, 0.05) is 5.56 Å². The van der Waals surface area contributed by atoms with E-state index in [-0.39, 0.29) is 5.57 Å². The average Bonchev–Trinajstić information content (AvgIpc) is 3.10. The maximum absolute atomic E-state index is 12.3. The van der Waals surface area contributed by atoms with Gasteiger partial charge in [-0.2, -0.15) is 5.26 Å². The molecule has 0 saturated carbocycles. The fraction of sp³-hybridized carbons (Fsp3) is 0.0500. The molecule has 0 radical (unpaired) electrons. The van der Waals surface area contributed by atoms with Crippen LogP contribution in [-0.4, -0.2) is 10.9 Å². The molecule has 2 aromatic carbocycles. The van der Waals surface area contributed by atoms with Crippen molar-refractivity contribution < 1.29 is 9.21 Å². The summed E-state index contributed by atoms with van der Waals surface area (Å²) in [6.07, 6.45) is 2.77. The number of amides is 1. The summed E-state index contributed by atoms with van der Waals surface area (Å²) in [5.41, 5.74) is 2.65. The van der Waals surface area contributed by atoms with Gasteiger partial charge in [-0.15, -0.1) is 0 Å². The second-order valence-corrected chi connectivity index (χ2v) is 5.95. The summed E-state index contributed by atoms with van der Waals surface area (Å²) in [6.45, 7) is 1.99. The SMILES string of the molecule is Cc1ccc(-c2nc(/C=C(\C#N)C(=O)Nc3ccccc3Cl)co2)cc1. The molecule has 6 heteroatoms. The first-order valence-corrected chi connectivity index (χ1v) is 8.15. The zero-order valence-electron chi connectivity index (χ0n) is 13.9. The highest BCUT2D eigenvalue weighted by atomic mass is 35.5. The second-order valence-electron chi connectivity index (χ2n) is 5.55. The monoisotopic (exact) mass is 363 g/mol. The quantitative estimate of drug-likeness (QED) is 0.531. The van der Waals surface area contributed by atoms with Gasteiger partial charge in [0.25, 0.3) is 5.91 Å². The largest absolute Gasteiger partial charge is 0.444 e. The molecule has 0 bridgehead atoms. The lowest BCUT2D eigenvalue weighted by Gasteiger charge is -2.05. The molecule has 0 unspecified atom stereocenters. The maximum atomic E-state index is 12.3. The van der Waals surface area contributed by atoms with Crippen LogP contribution in [0.2, 0.25) is 5.02 Å². The van der Waals surface area contributed by atoms with Crippen molar-refractivity contribution >= 4 is 29.3 Å². The Bertz CT molecular complexity index is 1010. The zero-order valence-corrected chi connectivity index (χ0v) is 14.6. The lowest BCUT2D eigenvalue weighted by molar-refractivity contribution is -0.112. The number of carbonyl (C=O) groups excluding carboxylic acids is 1. The van der Waals surface area contributed by atoms with Gasteiger partial charge in [0.05, 0.1) is 10.7 Å². The van der Waals surface area contributed by atoms with Crippen LogP contribution in [0.1, 0.15) is 11.3 Å². The van der Waals surface area contributed by atoms with Gasteiger partial charge in [0.1, 0.15) is 23.6 Å². The highest BCUT2D eigenvalue weighted by Crippen LogP contribution is 2.22. The predicted molar refractivity (Wildman–Crippen MR) is 100 cm³/mol. The van der Waals surface area contributed by atoms with Gasteiger partial charge < -0.3 is 9.73 Å². The minimum Gasteiger partial charge on any atom is -0.444 e. The van der Waals surface area contributed by atoms with E-state index in [1.54, 1.807) is 24.3 Å². The van der Waals surface area contributed by atoms with Crippen LogP contribution in [0.15, 0.2) is 64.8 Å². The van der Waals surface area contributed by atoms with Crippen LogP contribution < -0.4 is 5.32 Å². The molecule has 1 amide bonds. The number of aromatic nitrogens is 1. The standard InChI is InChI=1S/C20H14ClN3O2/c1-13-6-8-14(9-7-13)20-23-16(12-26-20)10-15(11-22)19(25)24-18-5-3-2-4-17(18)21/h2-10,12H,1H3,(H,24,25)/b15-10+. The first-order valence-electron chi connectivity index (χ1n) is 7.77. The smallest absolute Gasteiger partial charge is 0.266 e. The molecular weight excluding hydrogens is 350 g/mol. The predicted octanol–water partition coefficient (Wildman–Crippen LogP) is 4.85. The van der Waals surface area contributed by atoms with Crippen LogP contribution in [0, 0.1) is 18.3 Å². The van der Waals surface area contributed by atoms with Crippen molar-refractivity contribution in [3.63, 3.8) is 0 Å². The first kappa shape index (κ1) is 17.5. The summed E-state index contributed by atoms with van der Waals surface area (Å²) >= 11 is 6.01. The van der Waals surface area contributed by atoms with Gasteiger partial charge >= 0.3 is 0 Å². The van der Waals surface area contributed by atoms with Gasteiger partial charge in [0.2, 0.25) is 5.89 Å². The maximum Gasteiger partial charge on any atom is 0.266 e.